The van der Waals surface area contributed by atoms with E-state index in [9.17, 15) is 18.0 Å². The molecule has 3 N–H and O–H groups in total. The van der Waals surface area contributed by atoms with E-state index in [1.807, 2.05) is 54.6 Å². The molecule has 0 heterocycles. The molecule has 0 aliphatic heterocycles. The molecule has 8 nitrogen and oxygen atoms in total. The third-order valence-corrected chi connectivity index (χ3v) is 6.54. The average Bonchev–Trinajstić information content (AvgIpc) is 2.90. The molecule has 0 saturated carbocycles. The summed E-state index contributed by atoms with van der Waals surface area (Å²) >= 11 is 0. The highest BCUT2D eigenvalue weighted by atomic mass is 32.2. The van der Waals surface area contributed by atoms with E-state index >= 15 is 0 Å². The minimum Gasteiger partial charge on any atom is -0.483 e. The molecule has 0 aromatic heterocycles. The first-order valence-corrected chi connectivity index (χ1v) is 12.2. The van der Waals surface area contributed by atoms with Crippen LogP contribution in [-0.4, -0.2) is 26.8 Å². The van der Waals surface area contributed by atoms with Crippen LogP contribution in [0.2, 0.25) is 0 Å². The Kier molecular flexibility index (Phi) is 7.39. The molecule has 0 atom stereocenters. The normalized spacial score (nSPS) is 11.1. The van der Waals surface area contributed by atoms with Crippen molar-refractivity contribution >= 4 is 32.6 Å². The van der Waals surface area contributed by atoms with Crippen LogP contribution in [0.3, 0.4) is 0 Å². The van der Waals surface area contributed by atoms with Gasteiger partial charge in [0.2, 0.25) is 10.0 Å². The Morgan fingerprint density at radius 1 is 0.771 bits per heavy atom. The largest absolute Gasteiger partial charge is 0.483 e. The van der Waals surface area contributed by atoms with Crippen molar-refractivity contribution in [2.75, 3.05) is 6.61 Å². The van der Waals surface area contributed by atoms with Gasteiger partial charge in [-0.05, 0) is 35.2 Å². The summed E-state index contributed by atoms with van der Waals surface area (Å²) < 4.78 is 33.4. The van der Waals surface area contributed by atoms with Crippen LogP contribution in [0.1, 0.15) is 15.9 Å². The van der Waals surface area contributed by atoms with Crippen molar-refractivity contribution in [3.63, 3.8) is 0 Å². The second-order valence-electron chi connectivity index (χ2n) is 7.61. The van der Waals surface area contributed by atoms with Crippen LogP contribution in [0.4, 0.5) is 0 Å². The van der Waals surface area contributed by atoms with Crippen molar-refractivity contribution in [3.8, 4) is 5.75 Å². The quantitative estimate of drug-likeness (QED) is 0.329. The third-order valence-electron chi connectivity index (χ3n) is 5.14. The van der Waals surface area contributed by atoms with Gasteiger partial charge >= 0.3 is 0 Å². The van der Waals surface area contributed by atoms with E-state index in [1.165, 1.54) is 24.3 Å². The number of sulfonamides is 1. The van der Waals surface area contributed by atoms with Crippen molar-refractivity contribution in [2.24, 2.45) is 0 Å². The molecule has 0 aliphatic carbocycles. The molecule has 0 unspecified atom stereocenters. The number of nitrogens with one attached hydrogen (secondary N) is 3. The van der Waals surface area contributed by atoms with Crippen molar-refractivity contribution in [3.05, 3.63) is 108 Å². The molecular formula is C26H23N3O5S. The van der Waals surface area contributed by atoms with E-state index in [0.29, 0.717) is 5.75 Å². The lowest BCUT2D eigenvalue weighted by atomic mass is 10.1. The van der Waals surface area contributed by atoms with Gasteiger partial charge in [-0.2, -0.15) is 0 Å². The van der Waals surface area contributed by atoms with Gasteiger partial charge in [0.1, 0.15) is 5.75 Å². The summed E-state index contributed by atoms with van der Waals surface area (Å²) in [5.41, 5.74) is 5.43. The second kappa shape index (κ2) is 10.8. The molecule has 0 fully saturated rings. The Morgan fingerprint density at radius 3 is 2.31 bits per heavy atom. The van der Waals surface area contributed by atoms with Crippen LogP contribution in [0.25, 0.3) is 10.8 Å². The topological polar surface area (TPSA) is 114 Å². The lowest BCUT2D eigenvalue weighted by Crippen LogP contribution is -2.43. The summed E-state index contributed by atoms with van der Waals surface area (Å²) in [6, 6.07) is 27.7. The highest BCUT2D eigenvalue weighted by molar-refractivity contribution is 7.89. The molecule has 0 radical (unpaired) electrons. The monoisotopic (exact) mass is 489 g/mol. The van der Waals surface area contributed by atoms with Crippen LogP contribution in [-0.2, 0) is 21.4 Å². The molecule has 0 aliphatic rings. The number of fused-ring (bicyclic) bond motifs is 1. The van der Waals surface area contributed by atoms with Crippen LogP contribution < -0.4 is 20.3 Å². The van der Waals surface area contributed by atoms with Gasteiger partial charge in [-0.25, -0.2) is 13.1 Å². The molecule has 9 heteroatoms. The van der Waals surface area contributed by atoms with Crippen LogP contribution >= 0.6 is 0 Å². The Bertz CT molecular complexity index is 1450. The summed E-state index contributed by atoms with van der Waals surface area (Å²) in [5.74, 6) is -0.686. The average molecular weight is 490 g/mol. The van der Waals surface area contributed by atoms with Gasteiger partial charge in [0.25, 0.3) is 11.8 Å². The number of ether oxygens (including phenoxy) is 1. The lowest BCUT2D eigenvalue weighted by molar-refractivity contribution is -0.123. The molecule has 2 amide bonds. The van der Waals surface area contributed by atoms with E-state index < -0.39 is 21.8 Å². The van der Waals surface area contributed by atoms with Gasteiger partial charge in [-0.1, -0.05) is 72.8 Å². The molecule has 4 aromatic rings. The van der Waals surface area contributed by atoms with Crippen LogP contribution in [0, 0.1) is 0 Å². The highest BCUT2D eigenvalue weighted by Crippen LogP contribution is 2.24. The Hall–Kier alpha value is -4.21. The van der Waals surface area contributed by atoms with E-state index in [4.69, 9.17) is 4.74 Å². The number of carbonyl (C=O) groups is 2. The van der Waals surface area contributed by atoms with Gasteiger partial charge in [0, 0.05) is 17.5 Å². The van der Waals surface area contributed by atoms with E-state index in [0.717, 1.165) is 16.3 Å². The predicted octanol–water partition coefficient (Wildman–Crippen LogP) is 3.16. The molecule has 4 rings (SSSR count). The van der Waals surface area contributed by atoms with Crippen molar-refractivity contribution in [1.82, 2.24) is 15.6 Å². The smallest absolute Gasteiger partial charge is 0.276 e. The molecule has 0 bridgehead atoms. The Morgan fingerprint density at radius 2 is 1.49 bits per heavy atom. The number of hydrogen-bond donors (Lipinski definition) is 3. The van der Waals surface area contributed by atoms with E-state index in [-0.39, 0.29) is 23.6 Å². The summed E-state index contributed by atoms with van der Waals surface area (Å²) in [4.78, 5) is 24.6. The molecule has 0 saturated heterocycles. The first-order valence-electron chi connectivity index (χ1n) is 10.8. The fourth-order valence-corrected chi connectivity index (χ4v) is 4.42. The minimum atomic E-state index is -3.84. The first-order chi connectivity index (χ1) is 16.9. The lowest BCUT2D eigenvalue weighted by Gasteiger charge is -2.11. The van der Waals surface area contributed by atoms with Crippen molar-refractivity contribution in [1.29, 1.82) is 0 Å². The minimum absolute atomic E-state index is 0.0632. The zero-order valence-electron chi connectivity index (χ0n) is 18.6. The number of carbonyl (C=O) groups excluding carboxylic acids is 2. The van der Waals surface area contributed by atoms with Crippen molar-refractivity contribution in [2.45, 2.75) is 11.4 Å². The van der Waals surface area contributed by atoms with Gasteiger partial charge in [-0.15, -0.1) is 0 Å². The maximum Gasteiger partial charge on any atom is 0.276 e. The SMILES string of the molecule is O=C(COc1cccc2ccccc12)NNC(=O)c1cccc(S(=O)(=O)NCc2ccccc2)c1. The van der Waals surface area contributed by atoms with Gasteiger partial charge in [0.15, 0.2) is 6.61 Å². The summed E-state index contributed by atoms with van der Waals surface area (Å²) in [6.45, 7) is -0.196. The van der Waals surface area contributed by atoms with Crippen LogP contribution in [0.15, 0.2) is 102 Å². The molecule has 0 spiro atoms. The molecule has 35 heavy (non-hydrogen) atoms. The summed E-state index contributed by atoms with van der Waals surface area (Å²) in [5, 5.41) is 1.84. The Labute approximate surface area is 203 Å². The van der Waals surface area contributed by atoms with Gasteiger partial charge in [0.05, 0.1) is 4.90 Å². The van der Waals surface area contributed by atoms with Crippen molar-refractivity contribution < 1.29 is 22.7 Å². The Balaban J connectivity index is 1.32. The first kappa shape index (κ1) is 23.9. The van der Waals surface area contributed by atoms with Gasteiger partial charge in [-0.3, -0.25) is 20.4 Å². The second-order valence-corrected chi connectivity index (χ2v) is 9.37. The third kappa shape index (κ3) is 6.23. The number of hydrazine groups is 1. The number of benzene rings is 4. The zero-order chi connectivity index (χ0) is 24.7. The molecular weight excluding hydrogens is 466 g/mol. The van der Waals surface area contributed by atoms with Gasteiger partial charge < -0.3 is 4.74 Å². The van der Waals surface area contributed by atoms with Crippen LogP contribution in [0.5, 0.6) is 5.75 Å². The number of amides is 2. The molecule has 178 valence electrons. The van der Waals surface area contributed by atoms with E-state index in [1.54, 1.807) is 18.2 Å². The van der Waals surface area contributed by atoms with E-state index in [2.05, 4.69) is 15.6 Å². The number of rotatable bonds is 8. The zero-order valence-corrected chi connectivity index (χ0v) is 19.4. The highest BCUT2D eigenvalue weighted by Gasteiger charge is 2.16. The number of hydrogen-bond acceptors (Lipinski definition) is 5. The fourth-order valence-electron chi connectivity index (χ4n) is 3.36. The molecule has 4 aromatic carbocycles. The maximum absolute atomic E-state index is 12.6. The summed E-state index contributed by atoms with van der Waals surface area (Å²) in [6.07, 6.45) is 0. The maximum atomic E-state index is 12.6. The fraction of sp³-hybridized carbons (Fsp3) is 0.0769. The summed E-state index contributed by atoms with van der Waals surface area (Å²) in [7, 11) is -3.84. The predicted molar refractivity (Wildman–Crippen MR) is 132 cm³/mol. The standard InChI is InChI=1S/C26H23N3O5S/c30-25(18-34-24-15-7-11-20-10-4-5-14-23(20)24)28-29-26(31)21-12-6-13-22(16-21)35(32,33)27-17-19-8-2-1-3-9-19/h1-16,27H,17-18H2,(H,28,30)(H,29,31).